The van der Waals surface area contributed by atoms with E-state index in [2.05, 4.69) is 20.1 Å². The molecule has 2 saturated heterocycles. The van der Waals surface area contributed by atoms with E-state index in [0.29, 0.717) is 38.3 Å². The number of hydrogen-bond acceptors (Lipinski definition) is 10. The maximum Gasteiger partial charge on any atom is 0.319 e. The fourth-order valence-corrected chi connectivity index (χ4v) is 8.57. The number of alkyl halides is 1. The van der Waals surface area contributed by atoms with E-state index in [1.807, 2.05) is 20.0 Å². The maximum atomic E-state index is 17.1. The second-order valence-electron chi connectivity index (χ2n) is 12.3. The van der Waals surface area contributed by atoms with Crippen molar-refractivity contribution >= 4 is 54.7 Å². The van der Waals surface area contributed by atoms with Crippen molar-refractivity contribution in [1.29, 1.82) is 5.26 Å². The van der Waals surface area contributed by atoms with Crippen LogP contribution in [0.5, 0.6) is 11.8 Å². The first-order valence-electron chi connectivity index (χ1n) is 15.4. The third kappa shape index (κ3) is 4.89. The summed E-state index contributed by atoms with van der Waals surface area (Å²) in [6.07, 6.45) is 1.76. The molecular weight excluding hydrogens is 639 g/mol. The van der Waals surface area contributed by atoms with Crippen LogP contribution in [-0.4, -0.2) is 79.1 Å². The number of nitrogens with two attached hydrogens (primary N) is 1. The van der Waals surface area contributed by atoms with Gasteiger partial charge in [0, 0.05) is 49.5 Å². The van der Waals surface area contributed by atoms with Gasteiger partial charge in [-0.1, -0.05) is 17.7 Å². The molecule has 3 aliphatic rings. The number of nitrogen functional groups attached to an aromatic ring is 1. The molecule has 7 rings (SSSR count). The molecule has 0 bridgehead atoms. The van der Waals surface area contributed by atoms with Gasteiger partial charge in [-0.25, -0.2) is 13.2 Å². The van der Waals surface area contributed by atoms with Gasteiger partial charge in [0.2, 0.25) is 0 Å². The topological polar surface area (TPSA) is 113 Å². The number of fused-ring (bicyclic) bond motifs is 2. The van der Waals surface area contributed by atoms with Gasteiger partial charge < -0.3 is 25.4 Å². The molecule has 0 amide bonds. The number of halogens is 4. The summed E-state index contributed by atoms with van der Waals surface area (Å²) in [6.45, 7) is 4.81. The summed E-state index contributed by atoms with van der Waals surface area (Å²) in [5, 5.41) is 13.6. The Morgan fingerprint density at radius 3 is 2.91 bits per heavy atom. The Morgan fingerprint density at radius 2 is 2.13 bits per heavy atom. The molecule has 3 atom stereocenters. The van der Waals surface area contributed by atoms with Crippen molar-refractivity contribution in [2.24, 2.45) is 0 Å². The smallest absolute Gasteiger partial charge is 0.319 e. The molecule has 4 aromatic rings. The van der Waals surface area contributed by atoms with E-state index < -0.39 is 23.3 Å². The first-order chi connectivity index (χ1) is 22.2. The zero-order valence-electron chi connectivity index (χ0n) is 25.4. The molecule has 2 aromatic heterocycles. The predicted octanol–water partition coefficient (Wildman–Crippen LogP) is 6.05. The van der Waals surface area contributed by atoms with Crippen LogP contribution < -0.4 is 25.4 Å². The second-order valence-corrected chi connectivity index (χ2v) is 13.7. The minimum Gasteiger partial charge on any atom is -0.491 e. The van der Waals surface area contributed by atoms with Crippen molar-refractivity contribution < 1.29 is 22.6 Å². The Morgan fingerprint density at radius 1 is 1.30 bits per heavy atom. The van der Waals surface area contributed by atoms with E-state index in [1.54, 1.807) is 0 Å². The standard InChI is InChI=1S/C32H33ClF3N7O2S/c1-16-6-11-44-27-23-26(25(36)22(24(27)33)18-4-5-20(35)28-21(18)19(13-37)29(38)46-28)40-31(41-30(23)43(16)10-8-39-2)45-15-32-7-3-9-42(32)14-17(34)12-32/h4-5,16-17,39H,3,6-12,14-15,38H2,1-2H3/t16-,17-,32+/m1/s1. The number of anilines is 2. The molecule has 242 valence electrons. The number of hydrogen-bond donors (Lipinski definition) is 2. The molecule has 5 heterocycles. The maximum absolute atomic E-state index is 17.1. The number of ether oxygens (including phenoxy) is 2. The molecule has 9 nitrogen and oxygen atoms in total. The van der Waals surface area contributed by atoms with Crippen LogP contribution in [0.15, 0.2) is 12.1 Å². The Balaban J connectivity index is 1.47. The zero-order valence-corrected chi connectivity index (χ0v) is 27.0. The van der Waals surface area contributed by atoms with Crippen LogP contribution in [0, 0.1) is 23.0 Å². The minimum atomic E-state index is -0.938. The van der Waals surface area contributed by atoms with Crippen molar-refractivity contribution in [3.63, 3.8) is 0 Å². The molecule has 46 heavy (non-hydrogen) atoms. The lowest BCUT2D eigenvalue weighted by atomic mass is 9.95. The Kier molecular flexibility index (Phi) is 8.03. The molecular formula is C32H33ClF3N7O2S. The third-order valence-corrected chi connectivity index (χ3v) is 10.9. The average molecular weight is 672 g/mol. The lowest BCUT2D eigenvalue weighted by molar-refractivity contribution is 0.107. The summed E-state index contributed by atoms with van der Waals surface area (Å²) in [5.41, 5.74) is 5.67. The molecule has 0 radical (unpaired) electrons. The van der Waals surface area contributed by atoms with Gasteiger partial charge in [-0.05, 0) is 45.0 Å². The number of nitriles is 1. The first kappa shape index (κ1) is 31.1. The Labute approximate surface area is 273 Å². The van der Waals surface area contributed by atoms with Crippen molar-refractivity contribution in [2.75, 3.05) is 57.1 Å². The number of rotatable bonds is 7. The normalized spacial score (nSPS) is 22.9. The summed E-state index contributed by atoms with van der Waals surface area (Å²) in [4.78, 5) is 13.6. The van der Waals surface area contributed by atoms with Gasteiger partial charge in [-0.3, -0.25) is 4.90 Å². The van der Waals surface area contributed by atoms with Crippen molar-refractivity contribution in [3.05, 3.63) is 34.4 Å². The molecule has 0 aliphatic carbocycles. The summed E-state index contributed by atoms with van der Waals surface area (Å²) in [7, 11) is 1.85. The molecule has 2 fully saturated rings. The van der Waals surface area contributed by atoms with Crippen LogP contribution in [0.3, 0.4) is 0 Å². The van der Waals surface area contributed by atoms with Crippen LogP contribution in [0.2, 0.25) is 5.02 Å². The number of likely N-dealkylation sites (N-methyl/N-ethyl adjacent to an activating group) is 1. The highest BCUT2D eigenvalue weighted by molar-refractivity contribution is 7.23. The van der Waals surface area contributed by atoms with Gasteiger partial charge in [-0.2, -0.15) is 15.2 Å². The zero-order chi connectivity index (χ0) is 32.3. The number of thiophene rings is 1. The van der Waals surface area contributed by atoms with Gasteiger partial charge >= 0.3 is 6.01 Å². The number of benzene rings is 2. The molecule has 0 unspecified atom stereocenters. The van der Waals surface area contributed by atoms with Gasteiger partial charge in [0.15, 0.2) is 11.6 Å². The molecule has 14 heteroatoms. The molecule has 3 aliphatic heterocycles. The molecule has 0 saturated carbocycles. The van der Waals surface area contributed by atoms with Gasteiger partial charge in [0.1, 0.15) is 41.0 Å². The fraction of sp³-hybridized carbons (Fsp3) is 0.469. The molecule has 0 spiro atoms. The third-order valence-electron chi connectivity index (χ3n) is 9.56. The highest BCUT2D eigenvalue weighted by Crippen LogP contribution is 2.51. The van der Waals surface area contributed by atoms with Crippen LogP contribution in [0.25, 0.3) is 32.1 Å². The summed E-state index contributed by atoms with van der Waals surface area (Å²) in [5.74, 6) is -0.791. The van der Waals surface area contributed by atoms with E-state index in [1.165, 1.54) is 12.1 Å². The average Bonchev–Trinajstić information content (AvgIpc) is 3.67. The Hall–Kier alpha value is -3.57. The van der Waals surface area contributed by atoms with E-state index in [4.69, 9.17) is 31.8 Å². The largest absolute Gasteiger partial charge is 0.491 e. The monoisotopic (exact) mass is 671 g/mol. The summed E-state index contributed by atoms with van der Waals surface area (Å²) in [6, 6.07) is 4.54. The first-order valence-corrected chi connectivity index (χ1v) is 16.6. The SMILES string of the molecule is CNCCN1c2nc(OC[C@@]34CCCN3C[C@H](F)C4)nc3c(F)c(-c4ccc(F)c5sc(N)c(C#N)c45)c(Cl)c(c23)OCC[C@H]1C. The highest BCUT2D eigenvalue weighted by atomic mass is 35.5. The van der Waals surface area contributed by atoms with Crippen LogP contribution in [-0.2, 0) is 0 Å². The van der Waals surface area contributed by atoms with Gasteiger partial charge in [0.25, 0.3) is 0 Å². The Bertz CT molecular complexity index is 1900. The van der Waals surface area contributed by atoms with Crippen molar-refractivity contribution in [3.8, 4) is 29.0 Å². The van der Waals surface area contributed by atoms with Crippen LogP contribution in [0.1, 0.15) is 38.2 Å². The van der Waals surface area contributed by atoms with Crippen molar-refractivity contribution in [1.82, 2.24) is 20.2 Å². The van der Waals surface area contributed by atoms with E-state index in [-0.39, 0.29) is 78.7 Å². The fourth-order valence-electron chi connectivity index (χ4n) is 7.29. The minimum absolute atomic E-state index is 0.0382. The van der Waals surface area contributed by atoms with Crippen molar-refractivity contribution in [2.45, 2.75) is 50.4 Å². The summed E-state index contributed by atoms with van der Waals surface area (Å²) < 4.78 is 59.2. The van der Waals surface area contributed by atoms with E-state index in [0.717, 1.165) is 30.7 Å². The summed E-state index contributed by atoms with van der Waals surface area (Å²) >= 11 is 7.94. The predicted molar refractivity (Wildman–Crippen MR) is 174 cm³/mol. The molecule has 3 N–H and O–H groups in total. The lowest BCUT2D eigenvalue weighted by Crippen LogP contribution is -2.43. The number of nitrogens with one attached hydrogen (secondary N) is 1. The quantitative estimate of drug-likeness (QED) is 0.243. The van der Waals surface area contributed by atoms with E-state index >= 15 is 4.39 Å². The highest BCUT2D eigenvalue weighted by Gasteiger charge is 2.49. The van der Waals surface area contributed by atoms with Gasteiger partial charge in [0.05, 0.1) is 32.8 Å². The van der Waals surface area contributed by atoms with Gasteiger partial charge in [-0.15, -0.1) is 11.3 Å². The lowest BCUT2D eigenvalue weighted by Gasteiger charge is -2.34. The van der Waals surface area contributed by atoms with E-state index in [9.17, 15) is 14.0 Å². The number of nitrogens with zero attached hydrogens (tertiary/aromatic N) is 5. The van der Waals surface area contributed by atoms with Crippen LogP contribution >= 0.6 is 22.9 Å². The number of aromatic nitrogens is 2. The molecule has 2 aromatic carbocycles. The van der Waals surface area contributed by atoms with Crippen LogP contribution in [0.4, 0.5) is 24.0 Å². The second kappa shape index (κ2) is 11.9.